The van der Waals surface area contributed by atoms with Crippen LogP contribution >= 0.6 is 11.8 Å². The Bertz CT molecular complexity index is 662. The summed E-state index contributed by atoms with van der Waals surface area (Å²) in [5.74, 6) is 0.0685. The van der Waals surface area contributed by atoms with Gasteiger partial charge >= 0.3 is 5.97 Å². The van der Waals surface area contributed by atoms with Crippen molar-refractivity contribution in [2.45, 2.75) is 39.3 Å². The van der Waals surface area contributed by atoms with E-state index in [2.05, 4.69) is 5.32 Å². The second-order valence-electron chi connectivity index (χ2n) is 6.60. The van der Waals surface area contributed by atoms with Crippen molar-refractivity contribution in [1.82, 2.24) is 10.2 Å². The molecule has 1 aliphatic rings. The lowest BCUT2D eigenvalue weighted by atomic mass is 10.1. The number of benzene rings is 1. The Kier molecular flexibility index (Phi) is 6.47. The number of nitrogens with zero attached hydrogens (tertiary/aromatic N) is 1. The van der Waals surface area contributed by atoms with Gasteiger partial charge < -0.3 is 15.3 Å². The molecule has 1 aromatic carbocycles. The maximum Gasteiger partial charge on any atom is 0.335 e. The molecule has 6 nitrogen and oxygen atoms in total. The molecule has 2 unspecified atom stereocenters. The second kappa shape index (κ2) is 8.38. The third-order valence-electron chi connectivity index (χ3n) is 4.40. The maximum atomic E-state index is 12.6. The van der Waals surface area contributed by atoms with Crippen molar-refractivity contribution in [3.8, 4) is 0 Å². The normalized spacial score (nSPS) is 18.2. The number of thioether (sulfide) groups is 1. The van der Waals surface area contributed by atoms with Crippen LogP contribution in [0.2, 0.25) is 0 Å². The Morgan fingerprint density at radius 1 is 1.32 bits per heavy atom. The standard InChI is InChI=1S/C18H24N2O4S/c1-11(2)12(3)19-17(22)15-9-25-10-20(15)16(21)8-13-5-4-6-14(7-13)18(23)24/h4-7,11-12,15H,8-10H2,1-3H3,(H,19,22)(H,23,24). The molecule has 0 aliphatic carbocycles. The Labute approximate surface area is 152 Å². The van der Waals surface area contributed by atoms with Crippen LogP contribution in [0.3, 0.4) is 0 Å². The predicted molar refractivity (Wildman–Crippen MR) is 97.5 cm³/mol. The summed E-state index contributed by atoms with van der Waals surface area (Å²) < 4.78 is 0. The van der Waals surface area contributed by atoms with Crippen molar-refractivity contribution >= 4 is 29.5 Å². The SMILES string of the molecule is CC(C)C(C)NC(=O)C1CSCN1C(=O)Cc1cccc(C(=O)O)c1. The smallest absolute Gasteiger partial charge is 0.335 e. The molecule has 136 valence electrons. The van der Waals surface area contributed by atoms with Crippen molar-refractivity contribution in [2.75, 3.05) is 11.6 Å². The van der Waals surface area contributed by atoms with E-state index in [1.165, 1.54) is 12.1 Å². The summed E-state index contributed by atoms with van der Waals surface area (Å²) in [6, 6.07) is 5.91. The van der Waals surface area contributed by atoms with Gasteiger partial charge in [-0.25, -0.2) is 4.79 Å². The molecule has 1 fully saturated rings. The van der Waals surface area contributed by atoms with Crippen LogP contribution in [0.5, 0.6) is 0 Å². The van der Waals surface area contributed by atoms with Crippen LogP contribution < -0.4 is 5.32 Å². The van der Waals surface area contributed by atoms with Gasteiger partial charge in [0.1, 0.15) is 6.04 Å². The molecule has 1 aliphatic heterocycles. The fourth-order valence-corrected chi connectivity index (χ4v) is 3.66. The molecule has 7 heteroatoms. The molecule has 25 heavy (non-hydrogen) atoms. The van der Waals surface area contributed by atoms with Crippen molar-refractivity contribution in [3.05, 3.63) is 35.4 Å². The molecular weight excluding hydrogens is 340 g/mol. The molecule has 2 N–H and O–H groups in total. The van der Waals surface area contributed by atoms with Crippen molar-refractivity contribution in [3.63, 3.8) is 0 Å². The minimum Gasteiger partial charge on any atom is -0.478 e. The number of amides is 2. The van der Waals surface area contributed by atoms with Crippen LogP contribution in [0.4, 0.5) is 0 Å². The first-order valence-electron chi connectivity index (χ1n) is 8.29. The molecular formula is C18H24N2O4S. The third-order valence-corrected chi connectivity index (χ3v) is 5.42. The number of carbonyl (C=O) groups excluding carboxylic acids is 2. The van der Waals surface area contributed by atoms with E-state index in [-0.39, 0.29) is 29.8 Å². The van der Waals surface area contributed by atoms with Gasteiger partial charge in [0.15, 0.2) is 0 Å². The summed E-state index contributed by atoms with van der Waals surface area (Å²) in [5.41, 5.74) is 0.789. The molecule has 2 amide bonds. The van der Waals surface area contributed by atoms with Gasteiger partial charge in [-0.15, -0.1) is 11.8 Å². The van der Waals surface area contributed by atoms with Crippen LogP contribution in [-0.4, -0.2) is 51.5 Å². The molecule has 0 bridgehead atoms. The van der Waals surface area contributed by atoms with E-state index in [0.717, 1.165) is 0 Å². The number of carboxylic acid groups (broad SMARTS) is 1. The monoisotopic (exact) mass is 364 g/mol. The predicted octanol–water partition coefficient (Wildman–Crippen LogP) is 1.99. The first-order chi connectivity index (χ1) is 11.8. The summed E-state index contributed by atoms with van der Waals surface area (Å²) in [5, 5.41) is 12.0. The molecule has 0 radical (unpaired) electrons. The summed E-state index contributed by atoms with van der Waals surface area (Å²) in [6.07, 6.45) is 0.0885. The average molecular weight is 364 g/mol. The number of hydrogen-bond acceptors (Lipinski definition) is 4. The van der Waals surface area contributed by atoms with Crippen LogP contribution in [0.1, 0.15) is 36.7 Å². The minimum atomic E-state index is -1.02. The first-order valence-corrected chi connectivity index (χ1v) is 9.45. The molecule has 2 atom stereocenters. The Morgan fingerprint density at radius 3 is 2.68 bits per heavy atom. The second-order valence-corrected chi connectivity index (χ2v) is 7.60. The van der Waals surface area contributed by atoms with E-state index in [4.69, 9.17) is 5.11 Å². The van der Waals surface area contributed by atoms with E-state index < -0.39 is 12.0 Å². The van der Waals surface area contributed by atoms with Gasteiger partial charge in [-0.05, 0) is 30.5 Å². The van der Waals surface area contributed by atoms with Crippen LogP contribution in [0.25, 0.3) is 0 Å². The Hall–Kier alpha value is -2.02. The van der Waals surface area contributed by atoms with Gasteiger partial charge in [0.25, 0.3) is 0 Å². The van der Waals surface area contributed by atoms with E-state index >= 15 is 0 Å². The number of nitrogens with one attached hydrogen (secondary N) is 1. The molecule has 1 aromatic rings. The van der Waals surface area contributed by atoms with E-state index in [1.54, 1.807) is 28.8 Å². The summed E-state index contributed by atoms with van der Waals surface area (Å²) in [4.78, 5) is 37.7. The Morgan fingerprint density at radius 2 is 2.04 bits per heavy atom. The summed E-state index contributed by atoms with van der Waals surface area (Å²) >= 11 is 1.55. The molecule has 0 aromatic heterocycles. The largest absolute Gasteiger partial charge is 0.478 e. The van der Waals surface area contributed by atoms with Crippen LogP contribution in [0.15, 0.2) is 24.3 Å². The zero-order valence-corrected chi connectivity index (χ0v) is 15.5. The lowest BCUT2D eigenvalue weighted by Crippen LogP contribution is -2.50. The summed E-state index contributed by atoms with van der Waals surface area (Å²) in [6.45, 7) is 6.02. The van der Waals surface area contributed by atoms with Crippen molar-refractivity contribution < 1.29 is 19.5 Å². The number of carboxylic acids is 1. The average Bonchev–Trinajstić information content (AvgIpc) is 3.04. The van der Waals surface area contributed by atoms with E-state index in [0.29, 0.717) is 23.1 Å². The van der Waals surface area contributed by atoms with Crippen LogP contribution in [-0.2, 0) is 16.0 Å². The van der Waals surface area contributed by atoms with E-state index in [1.807, 2.05) is 20.8 Å². The van der Waals surface area contributed by atoms with Gasteiger partial charge in [0.2, 0.25) is 11.8 Å². The van der Waals surface area contributed by atoms with Gasteiger partial charge in [-0.3, -0.25) is 9.59 Å². The zero-order chi connectivity index (χ0) is 18.6. The van der Waals surface area contributed by atoms with Gasteiger partial charge in [-0.2, -0.15) is 0 Å². The highest BCUT2D eigenvalue weighted by Gasteiger charge is 2.35. The number of hydrogen-bond donors (Lipinski definition) is 2. The Balaban J connectivity index is 2.04. The molecule has 0 spiro atoms. The van der Waals surface area contributed by atoms with Crippen LogP contribution in [0, 0.1) is 5.92 Å². The molecule has 1 saturated heterocycles. The first kappa shape index (κ1) is 19.3. The highest BCUT2D eigenvalue weighted by atomic mass is 32.2. The summed E-state index contributed by atoms with van der Waals surface area (Å²) in [7, 11) is 0. The molecule has 1 heterocycles. The molecule has 0 saturated carbocycles. The minimum absolute atomic E-state index is 0.0438. The molecule has 2 rings (SSSR count). The fourth-order valence-electron chi connectivity index (χ4n) is 2.48. The van der Waals surface area contributed by atoms with Gasteiger partial charge in [0, 0.05) is 11.8 Å². The lowest BCUT2D eigenvalue weighted by molar-refractivity contribution is -0.137. The number of aromatic carboxylic acids is 1. The quantitative estimate of drug-likeness (QED) is 0.806. The topological polar surface area (TPSA) is 86.7 Å². The zero-order valence-electron chi connectivity index (χ0n) is 14.7. The van der Waals surface area contributed by atoms with Crippen molar-refractivity contribution in [2.24, 2.45) is 5.92 Å². The fraction of sp³-hybridized carbons (Fsp3) is 0.500. The van der Waals surface area contributed by atoms with E-state index in [9.17, 15) is 14.4 Å². The number of rotatable bonds is 6. The number of carbonyl (C=O) groups is 3. The van der Waals surface area contributed by atoms with Crippen molar-refractivity contribution in [1.29, 1.82) is 0 Å². The highest BCUT2D eigenvalue weighted by molar-refractivity contribution is 7.99. The van der Waals surface area contributed by atoms with Gasteiger partial charge in [-0.1, -0.05) is 26.0 Å². The van der Waals surface area contributed by atoms with Gasteiger partial charge in [0.05, 0.1) is 17.9 Å². The lowest BCUT2D eigenvalue weighted by Gasteiger charge is -2.26. The maximum absolute atomic E-state index is 12.6. The highest BCUT2D eigenvalue weighted by Crippen LogP contribution is 2.22. The third kappa shape index (κ3) is 4.98.